The lowest BCUT2D eigenvalue weighted by molar-refractivity contribution is -0.113. The van der Waals surface area contributed by atoms with Gasteiger partial charge in [-0.3, -0.25) is 4.79 Å². The van der Waals surface area contributed by atoms with Gasteiger partial charge in [0.25, 0.3) is 5.91 Å². The Morgan fingerprint density at radius 1 is 1.05 bits per heavy atom. The predicted octanol–water partition coefficient (Wildman–Crippen LogP) is 5.46. The maximum absolute atomic E-state index is 13.7. The summed E-state index contributed by atoms with van der Waals surface area (Å²) < 4.78 is 18.4. The van der Waals surface area contributed by atoms with Crippen LogP contribution in [0.15, 0.2) is 84.3 Å². The molecule has 194 valence electrons. The summed E-state index contributed by atoms with van der Waals surface area (Å²) in [6.07, 6.45) is 1.45. The summed E-state index contributed by atoms with van der Waals surface area (Å²) >= 11 is 6.25. The van der Waals surface area contributed by atoms with Crippen LogP contribution in [-0.4, -0.2) is 34.9 Å². The van der Waals surface area contributed by atoms with Crippen LogP contribution in [0.1, 0.15) is 24.1 Å². The van der Waals surface area contributed by atoms with Crippen molar-refractivity contribution in [2.45, 2.75) is 19.6 Å². The zero-order valence-electron chi connectivity index (χ0n) is 21.1. The molecule has 1 aliphatic rings. The molecule has 1 atom stereocenters. The fraction of sp³-hybridized carbons (Fsp3) is 0.179. The van der Waals surface area contributed by atoms with E-state index in [0.717, 1.165) is 11.1 Å². The number of carbonyl (C=O) groups excluding carboxylic acids is 1. The molecular formula is C28H26ClN5O4. The highest BCUT2D eigenvalue weighted by Crippen LogP contribution is 2.37. The molecule has 0 bridgehead atoms. The van der Waals surface area contributed by atoms with Crippen LogP contribution in [0.3, 0.4) is 0 Å². The van der Waals surface area contributed by atoms with Gasteiger partial charge in [-0.15, -0.1) is 0 Å². The number of carbonyl (C=O) groups is 1. The summed E-state index contributed by atoms with van der Waals surface area (Å²) in [5, 5.41) is 11.2. The Kier molecular flexibility index (Phi) is 7.19. The molecule has 1 aliphatic heterocycles. The maximum Gasteiger partial charge on any atom is 0.255 e. The molecule has 2 heterocycles. The lowest BCUT2D eigenvalue weighted by Crippen LogP contribution is -2.31. The van der Waals surface area contributed by atoms with E-state index in [1.807, 2.05) is 55.5 Å². The van der Waals surface area contributed by atoms with Crippen LogP contribution < -0.4 is 24.8 Å². The van der Waals surface area contributed by atoms with Crippen molar-refractivity contribution >= 4 is 29.1 Å². The minimum atomic E-state index is -0.525. The van der Waals surface area contributed by atoms with Gasteiger partial charge >= 0.3 is 0 Å². The Labute approximate surface area is 225 Å². The van der Waals surface area contributed by atoms with Crippen molar-refractivity contribution in [2.24, 2.45) is 0 Å². The van der Waals surface area contributed by atoms with Gasteiger partial charge in [-0.05, 0) is 42.8 Å². The van der Waals surface area contributed by atoms with Gasteiger partial charge in [0, 0.05) is 22.3 Å². The van der Waals surface area contributed by atoms with Crippen LogP contribution in [0.25, 0.3) is 0 Å². The first-order valence-electron chi connectivity index (χ1n) is 11.9. The van der Waals surface area contributed by atoms with E-state index in [9.17, 15) is 4.79 Å². The van der Waals surface area contributed by atoms with Crippen LogP contribution >= 0.6 is 11.6 Å². The van der Waals surface area contributed by atoms with Crippen molar-refractivity contribution in [3.8, 4) is 17.2 Å². The molecule has 1 amide bonds. The minimum Gasteiger partial charge on any atom is -0.497 e. The molecule has 10 heteroatoms. The molecule has 0 saturated carbocycles. The van der Waals surface area contributed by atoms with Crippen molar-refractivity contribution in [3.63, 3.8) is 0 Å². The van der Waals surface area contributed by atoms with Gasteiger partial charge in [0.15, 0.2) is 0 Å². The molecule has 0 saturated heterocycles. The molecule has 4 aromatic rings. The fourth-order valence-electron chi connectivity index (χ4n) is 4.32. The highest BCUT2D eigenvalue weighted by atomic mass is 35.5. The Morgan fingerprint density at radius 3 is 2.55 bits per heavy atom. The number of benzene rings is 3. The number of allylic oxidation sites excluding steroid dienone is 1. The Balaban J connectivity index is 1.43. The van der Waals surface area contributed by atoms with Gasteiger partial charge in [-0.1, -0.05) is 41.9 Å². The number of fused-ring (bicyclic) bond motifs is 1. The third kappa shape index (κ3) is 5.01. The van der Waals surface area contributed by atoms with Gasteiger partial charge in [-0.2, -0.15) is 10.1 Å². The molecule has 0 fully saturated rings. The molecule has 1 aromatic heterocycles. The van der Waals surface area contributed by atoms with Crippen LogP contribution in [0, 0.1) is 0 Å². The second-order valence-corrected chi connectivity index (χ2v) is 8.97. The summed E-state index contributed by atoms with van der Waals surface area (Å²) in [4.78, 5) is 18.0. The Morgan fingerprint density at radius 2 is 1.82 bits per heavy atom. The first kappa shape index (κ1) is 25.2. The second kappa shape index (κ2) is 10.9. The zero-order chi connectivity index (χ0) is 26.6. The van der Waals surface area contributed by atoms with E-state index in [4.69, 9.17) is 25.8 Å². The van der Waals surface area contributed by atoms with Crippen molar-refractivity contribution in [1.29, 1.82) is 0 Å². The Bertz CT molecular complexity index is 1500. The highest BCUT2D eigenvalue weighted by Gasteiger charge is 2.33. The third-order valence-electron chi connectivity index (χ3n) is 6.24. The molecule has 0 radical (unpaired) electrons. The number of anilines is 2. The molecule has 1 unspecified atom stereocenters. The predicted molar refractivity (Wildman–Crippen MR) is 145 cm³/mol. The largest absolute Gasteiger partial charge is 0.497 e. The average molecular weight is 532 g/mol. The number of halogens is 1. The lowest BCUT2D eigenvalue weighted by atomic mass is 9.95. The van der Waals surface area contributed by atoms with Crippen LogP contribution in [0.4, 0.5) is 11.6 Å². The number of hydrogen-bond donors (Lipinski definition) is 2. The smallest absolute Gasteiger partial charge is 0.255 e. The number of aromatic nitrogens is 3. The summed E-state index contributed by atoms with van der Waals surface area (Å²) in [5.41, 5.74) is 3.37. The van der Waals surface area contributed by atoms with E-state index >= 15 is 0 Å². The summed E-state index contributed by atoms with van der Waals surface area (Å²) in [7, 11) is 3.11. The number of hydrogen-bond acceptors (Lipinski definition) is 7. The monoisotopic (exact) mass is 531 g/mol. The first-order valence-corrected chi connectivity index (χ1v) is 12.2. The number of methoxy groups -OCH3 is 2. The van der Waals surface area contributed by atoms with Crippen LogP contribution in [0.2, 0.25) is 5.02 Å². The minimum absolute atomic E-state index is 0.313. The van der Waals surface area contributed by atoms with Crippen molar-refractivity contribution in [2.75, 3.05) is 24.9 Å². The highest BCUT2D eigenvalue weighted by molar-refractivity contribution is 6.31. The first-order chi connectivity index (χ1) is 18.5. The lowest BCUT2D eigenvalue weighted by Gasteiger charge is -2.29. The van der Waals surface area contributed by atoms with Crippen LogP contribution in [0.5, 0.6) is 17.2 Å². The molecule has 9 nitrogen and oxygen atoms in total. The summed E-state index contributed by atoms with van der Waals surface area (Å²) in [5.74, 6) is 2.01. The zero-order valence-corrected chi connectivity index (χ0v) is 21.8. The number of ether oxygens (including phenoxy) is 3. The molecule has 38 heavy (non-hydrogen) atoms. The number of nitrogens with one attached hydrogen (secondary N) is 2. The number of nitrogens with zero attached hydrogens (tertiary/aromatic N) is 3. The van der Waals surface area contributed by atoms with Gasteiger partial charge in [0.2, 0.25) is 5.95 Å². The van der Waals surface area contributed by atoms with E-state index in [1.54, 1.807) is 37.1 Å². The van der Waals surface area contributed by atoms with Gasteiger partial charge in [0.1, 0.15) is 36.2 Å². The standard InChI is InChI=1S/C28H26ClN5O4/c1-17-25(27(35)33-23-14-21(36-2)12-13-24(23)37-3)26(34-28(32-17)30-16-31-34)18-8-10-20(11-9-18)38-15-19-6-4-5-7-22(19)29/h4-14,16,26H,15H2,1-3H3,(H,33,35)(H,30,31,32). The maximum atomic E-state index is 13.7. The molecule has 2 N–H and O–H groups in total. The van der Waals surface area contributed by atoms with E-state index in [-0.39, 0.29) is 5.91 Å². The van der Waals surface area contributed by atoms with Crippen LogP contribution in [-0.2, 0) is 11.4 Å². The normalized spacial score (nSPS) is 14.4. The summed E-state index contributed by atoms with van der Waals surface area (Å²) in [6, 6.07) is 19.8. The quantitative estimate of drug-likeness (QED) is 0.311. The molecular weight excluding hydrogens is 506 g/mol. The van der Waals surface area contributed by atoms with E-state index < -0.39 is 6.04 Å². The second-order valence-electron chi connectivity index (χ2n) is 8.56. The van der Waals surface area contributed by atoms with Gasteiger partial charge in [-0.25, -0.2) is 4.68 Å². The van der Waals surface area contributed by atoms with Crippen molar-refractivity contribution < 1.29 is 19.0 Å². The summed E-state index contributed by atoms with van der Waals surface area (Å²) in [6.45, 7) is 2.18. The van der Waals surface area contributed by atoms with Crippen molar-refractivity contribution in [3.05, 3.63) is 100 Å². The Hall–Kier alpha value is -4.50. The third-order valence-corrected chi connectivity index (χ3v) is 6.61. The van der Waals surface area contributed by atoms with E-state index in [2.05, 4.69) is 20.7 Å². The van der Waals surface area contributed by atoms with E-state index in [1.165, 1.54) is 6.33 Å². The van der Waals surface area contributed by atoms with Crippen molar-refractivity contribution in [1.82, 2.24) is 14.8 Å². The SMILES string of the molecule is COc1ccc(OC)c(NC(=O)C2=C(C)Nc3ncnn3C2c2ccc(OCc3ccccc3Cl)cc2)c1. The fourth-order valence-corrected chi connectivity index (χ4v) is 4.51. The number of amides is 1. The topological polar surface area (TPSA) is 99.5 Å². The van der Waals surface area contributed by atoms with Gasteiger partial charge in [0.05, 0.1) is 25.5 Å². The van der Waals surface area contributed by atoms with E-state index in [0.29, 0.717) is 51.8 Å². The van der Waals surface area contributed by atoms with Gasteiger partial charge < -0.3 is 24.8 Å². The molecule has 5 rings (SSSR count). The molecule has 0 aliphatic carbocycles. The molecule has 0 spiro atoms. The number of rotatable bonds is 8. The average Bonchev–Trinajstić information content (AvgIpc) is 3.40. The molecule has 3 aromatic carbocycles.